The van der Waals surface area contributed by atoms with Crippen LogP contribution in [0.3, 0.4) is 0 Å². The SMILES string of the molecule is OCc1ccc(SCC2CCCO2)cc1Cl. The van der Waals surface area contributed by atoms with Gasteiger partial charge < -0.3 is 9.84 Å². The van der Waals surface area contributed by atoms with E-state index in [1.807, 2.05) is 18.2 Å². The molecule has 16 heavy (non-hydrogen) atoms. The van der Waals surface area contributed by atoms with E-state index in [9.17, 15) is 0 Å². The minimum absolute atomic E-state index is 0.00445. The number of aliphatic hydroxyl groups is 1. The Hall–Kier alpha value is -0.220. The first-order valence-corrected chi connectivity index (χ1v) is 6.79. The molecule has 4 heteroatoms. The third-order valence-corrected chi connectivity index (χ3v) is 4.13. The molecule has 1 N–H and O–H groups in total. The molecule has 1 aromatic carbocycles. The zero-order valence-corrected chi connectivity index (χ0v) is 10.6. The van der Waals surface area contributed by atoms with Gasteiger partial charge in [-0.2, -0.15) is 0 Å². The van der Waals surface area contributed by atoms with Crippen LogP contribution in [0.4, 0.5) is 0 Å². The maximum atomic E-state index is 9.00. The summed E-state index contributed by atoms with van der Waals surface area (Å²) >= 11 is 7.78. The topological polar surface area (TPSA) is 29.5 Å². The number of rotatable bonds is 4. The van der Waals surface area contributed by atoms with Gasteiger partial charge in [-0.1, -0.05) is 17.7 Å². The highest BCUT2D eigenvalue weighted by Crippen LogP contribution is 2.27. The van der Waals surface area contributed by atoms with Gasteiger partial charge >= 0.3 is 0 Å². The average molecular weight is 259 g/mol. The number of hydrogen-bond donors (Lipinski definition) is 1. The lowest BCUT2D eigenvalue weighted by atomic mass is 10.2. The van der Waals surface area contributed by atoms with Gasteiger partial charge in [-0.25, -0.2) is 0 Å². The fourth-order valence-electron chi connectivity index (χ4n) is 1.71. The quantitative estimate of drug-likeness (QED) is 0.842. The molecule has 2 nitrogen and oxygen atoms in total. The van der Waals surface area contributed by atoms with Gasteiger partial charge in [-0.15, -0.1) is 11.8 Å². The number of hydrogen-bond acceptors (Lipinski definition) is 3. The van der Waals surface area contributed by atoms with Gasteiger partial charge in [0, 0.05) is 22.3 Å². The third-order valence-electron chi connectivity index (χ3n) is 2.65. The molecule has 1 atom stereocenters. The molecule has 2 rings (SSSR count). The number of aliphatic hydroxyl groups excluding tert-OH is 1. The first-order valence-electron chi connectivity index (χ1n) is 5.43. The van der Waals surface area contributed by atoms with Crippen LogP contribution in [0.1, 0.15) is 18.4 Å². The minimum Gasteiger partial charge on any atom is -0.392 e. The van der Waals surface area contributed by atoms with Crippen LogP contribution < -0.4 is 0 Å². The smallest absolute Gasteiger partial charge is 0.0696 e. The number of ether oxygens (including phenoxy) is 1. The molecule has 1 aliphatic rings. The lowest BCUT2D eigenvalue weighted by Gasteiger charge is -2.09. The molecule has 0 radical (unpaired) electrons. The van der Waals surface area contributed by atoms with Crippen molar-refractivity contribution in [1.29, 1.82) is 0 Å². The van der Waals surface area contributed by atoms with E-state index in [1.165, 1.54) is 6.42 Å². The zero-order chi connectivity index (χ0) is 11.4. The molecule has 0 amide bonds. The van der Waals surface area contributed by atoms with Crippen molar-refractivity contribution in [2.24, 2.45) is 0 Å². The monoisotopic (exact) mass is 258 g/mol. The maximum absolute atomic E-state index is 9.00. The van der Waals surface area contributed by atoms with Gasteiger partial charge in [0.25, 0.3) is 0 Å². The minimum atomic E-state index is -0.00445. The van der Waals surface area contributed by atoms with Crippen molar-refractivity contribution in [3.05, 3.63) is 28.8 Å². The van der Waals surface area contributed by atoms with E-state index in [-0.39, 0.29) is 6.61 Å². The van der Waals surface area contributed by atoms with Crippen LogP contribution in [-0.4, -0.2) is 23.6 Å². The predicted molar refractivity (Wildman–Crippen MR) is 67.1 cm³/mol. The summed E-state index contributed by atoms with van der Waals surface area (Å²) in [5, 5.41) is 9.64. The van der Waals surface area contributed by atoms with Crippen LogP contribution in [0.2, 0.25) is 5.02 Å². The van der Waals surface area contributed by atoms with Crippen LogP contribution in [0, 0.1) is 0 Å². The van der Waals surface area contributed by atoms with E-state index in [0.717, 1.165) is 29.2 Å². The summed E-state index contributed by atoms with van der Waals surface area (Å²) < 4.78 is 5.56. The van der Waals surface area contributed by atoms with Gasteiger partial charge in [0.05, 0.1) is 12.7 Å². The molecule has 1 aliphatic heterocycles. The first kappa shape index (κ1) is 12.2. The Bertz CT molecular complexity index is 351. The Morgan fingerprint density at radius 1 is 1.50 bits per heavy atom. The van der Waals surface area contributed by atoms with Crippen molar-refractivity contribution in [1.82, 2.24) is 0 Å². The van der Waals surface area contributed by atoms with E-state index in [4.69, 9.17) is 21.4 Å². The van der Waals surface area contributed by atoms with E-state index in [2.05, 4.69) is 0 Å². The lowest BCUT2D eigenvalue weighted by Crippen LogP contribution is -2.07. The number of benzene rings is 1. The van der Waals surface area contributed by atoms with E-state index in [1.54, 1.807) is 11.8 Å². The molecule has 0 aliphatic carbocycles. The third kappa shape index (κ3) is 3.14. The molecule has 1 aromatic rings. The summed E-state index contributed by atoms with van der Waals surface area (Å²) in [6.45, 7) is 0.894. The Morgan fingerprint density at radius 2 is 2.38 bits per heavy atom. The molecule has 0 saturated carbocycles. The Balaban J connectivity index is 1.91. The molecule has 0 bridgehead atoms. The Kier molecular flexibility index (Phi) is 4.53. The fraction of sp³-hybridized carbons (Fsp3) is 0.500. The second-order valence-electron chi connectivity index (χ2n) is 3.86. The van der Waals surface area contributed by atoms with Crippen molar-refractivity contribution in [3.8, 4) is 0 Å². The van der Waals surface area contributed by atoms with Gasteiger partial charge in [0.15, 0.2) is 0 Å². The summed E-state index contributed by atoms with van der Waals surface area (Å²) in [5.41, 5.74) is 0.781. The highest BCUT2D eigenvalue weighted by molar-refractivity contribution is 7.99. The van der Waals surface area contributed by atoms with Crippen molar-refractivity contribution in [2.45, 2.75) is 30.4 Å². The summed E-state index contributed by atoms with van der Waals surface area (Å²) in [6, 6.07) is 5.78. The van der Waals surface area contributed by atoms with Gasteiger partial charge in [-0.05, 0) is 30.5 Å². The number of thioether (sulfide) groups is 1. The summed E-state index contributed by atoms with van der Waals surface area (Å²) in [6.07, 6.45) is 2.73. The molecule has 1 unspecified atom stereocenters. The predicted octanol–water partition coefficient (Wildman–Crippen LogP) is 3.10. The standard InChI is InChI=1S/C12H15ClO2S/c13-12-6-11(4-3-9(12)7-14)16-8-10-2-1-5-15-10/h3-4,6,10,14H,1-2,5,7-8H2. The largest absolute Gasteiger partial charge is 0.392 e. The molecule has 1 fully saturated rings. The van der Waals surface area contributed by atoms with Crippen LogP contribution in [0.5, 0.6) is 0 Å². The van der Waals surface area contributed by atoms with E-state index in [0.29, 0.717) is 11.1 Å². The van der Waals surface area contributed by atoms with Gasteiger partial charge in [-0.3, -0.25) is 0 Å². The zero-order valence-electron chi connectivity index (χ0n) is 8.99. The van der Waals surface area contributed by atoms with E-state index < -0.39 is 0 Å². The van der Waals surface area contributed by atoms with Crippen LogP contribution in [0.15, 0.2) is 23.1 Å². The van der Waals surface area contributed by atoms with E-state index >= 15 is 0 Å². The second kappa shape index (κ2) is 5.92. The van der Waals surface area contributed by atoms with Crippen LogP contribution in [-0.2, 0) is 11.3 Å². The lowest BCUT2D eigenvalue weighted by molar-refractivity contribution is 0.129. The molecule has 1 saturated heterocycles. The molecular weight excluding hydrogens is 244 g/mol. The van der Waals surface area contributed by atoms with Crippen molar-refractivity contribution in [2.75, 3.05) is 12.4 Å². The number of halogens is 1. The fourth-order valence-corrected chi connectivity index (χ4v) is 3.02. The van der Waals surface area contributed by atoms with Gasteiger partial charge in [0.2, 0.25) is 0 Å². The molecule has 88 valence electrons. The van der Waals surface area contributed by atoms with Crippen LogP contribution in [0.25, 0.3) is 0 Å². The second-order valence-corrected chi connectivity index (χ2v) is 5.36. The van der Waals surface area contributed by atoms with Crippen molar-refractivity contribution < 1.29 is 9.84 Å². The van der Waals surface area contributed by atoms with Crippen molar-refractivity contribution >= 4 is 23.4 Å². The normalized spacial score (nSPS) is 20.2. The maximum Gasteiger partial charge on any atom is 0.0696 e. The molecule has 0 aromatic heterocycles. The first-order chi connectivity index (χ1) is 7.79. The summed E-state index contributed by atoms with van der Waals surface area (Å²) in [4.78, 5) is 1.14. The highest BCUT2D eigenvalue weighted by Gasteiger charge is 2.15. The molecule has 1 heterocycles. The van der Waals surface area contributed by atoms with Gasteiger partial charge in [0.1, 0.15) is 0 Å². The molecular formula is C12H15ClO2S. The Labute approximate surface area is 105 Å². The molecule has 0 spiro atoms. The average Bonchev–Trinajstić information content (AvgIpc) is 2.79. The highest BCUT2D eigenvalue weighted by atomic mass is 35.5. The summed E-state index contributed by atoms with van der Waals surface area (Å²) in [5.74, 6) is 0.981. The summed E-state index contributed by atoms with van der Waals surface area (Å²) in [7, 11) is 0. The Morgan fingerprint density at radius 3 is 3.00 bits per heavy atom. The van der Waals surface area contributed by atoms with Crippen molar-refractivity contribution in [3.63, 3.8) is 0 Å². The van der Waals surface area contributed by atoms with Crippen LogP contribution >= 0.6 is 23.4 Å².